The molecule has 6 rings (SSSR count). The van der Waals surface area contributed by atoms with Gasteiger partial charge in [0, 0.05) is 16.7 Å². The largest absolute Gasteiger partial charge is 0.488 e. The van der Waals surface area contributed by atoms with Crippen molar-refractivity contribution in [2.75, 3.05) is 4.90 Å². The zero-order valence-corrected chi connectivity index (χ0v) is 22.1. The van der Waals surface area contributed by atoms with Crippen molar-refractivity contribution < 1.29 is 36.7 Å². The zero-order chi connectivity index (χ0) is 28.2. The van der Waals surface area contributed by atoms with Crippen molar-refractivity contribution in [3.05, 3.63) is 71.3 Å². The number of carbonyl (C=O) groups is 2. The highest BCUT2D eigenvalue weighted by molar-refractivity contribution is 6.13. The van der Waals surface area contributed by atoms with Crippen LogP contribution in [-0.2, 0) is 22.3 Å². The van der Waals surface area contributed by atoms with E-state index in [1.807, 2.05) is 0 Å². The lowest BCUT2D eigenvalue weighted by atomic mass is 9.82. The average Bonchev–Trinajstić information content (AvgIpc) is 3.28. The molecule has 1 amide bonds. The molecule has 208 valence electrons. The molecule has 3 aromatic carbocycles. The average molecular weight is 552 g/mol. The number of carbonyl (C=O) groups excluding carboxylic acids is 2. The molecule has 1 aromatic heterocycles. The minimum atomic E-state index is -4.53. The summed E-state index contributed by atoms with van der Waals surface area (Å²) in [5.41, 5.74) is 1.52. The van der Waals surface area contributed by atoms with E-state index in [2.05, 4.69) is 6.92 Å². The summed E-state index contributed by atoms with van der Waals surface area (Å²) in [5, 5.41) is 1.39. The Labute approximate surface area is 228 Å². The number of rotatable bonds is 4. The van der Waals surface area contributed by atoms with E-state index in [4.69, 9.17) is 13.9 Å². The van der Waals surface area contributed by atoms with E-state index in [1.165, 1.54) is 18.2 Å². The van der Waals surface area contributed by atoms with E-state index < -0.39 is 23.9 Å². The summed E-state index contributed by atoms with van der Waals surface area (Å²) in [5.74, 6) is -0.380. The van der Waals surface area contributed by atoms with Crippen molar-refractivity contribution in [3.63, 3.8) is 0 Å². The van der Waals surface area contributed by atoms with Gasteiger partial charge in [-0.2, -0.15) is 13.2 Å². The van der Waals surface area contributed by atoms with Crippen LogP contribution in [0.1, 0.15) is 61.0 Å². The highest BCUT2D eigenvalue weighted by Crippen LogP contribution is 2.41. The van der Waals surface area contributed by atoms with Crippen LogP contribution in [0.5, 0.6) is 5.75 Å². The highest BCUT2D eigenvalue weighted by Gasteiger charge is 2.39. The summed E-state index contributed by atoms with van der Waals surface area (Å²) >= 11 is 0. The molecule has 40 heavy (non-hydrogen) atoms. The summed E-state index contributed by atoms with van der Waals surface area (Å²) in [6.45, 7) is 3.79. The molecule has 0 bridgehead atoms. The second-order valence-electron chi connectivity index (χ2n) is 10.8. The number of amides is 1. The second-order valence-corrected chi connectivity index (χ2v) is 10.8. The maximum atomic E-state index is 13.7. The molecular weight excluding hydrogens is 523 g/mol. The van der Waals surface area contributed by atoms with Crippen LogP contribution in [0.25, 0.3) is 21.9 Å². The van der Waals surface area contributed by atoms with Crippen molar-refractivity contribution in [2.24, 2.45) is 11.8 Å². The first kappa shape index (κ1) is 26.2. The molecule has 6 nitrogen and oxygen atoms in total. The smallest absolute Gasteiger partial charge is 0.419 e. The van der Waals surface area contributed by atoms with Gasteiger partial charge in [0.2, 0.25) is 5.91 Å². The van der Waals surface area contributed by atoms with Crippen molar-refractivity contribution in [3.8, 4) is 5.75 Å². The monoisotopic (exact) mass is 551 g/mol. The van der Waals surface area contributed by atoms with Gasteiger partial charge in [0.05, 0.1) is 16.8 Å². The fourth-order valence-corrected chi connectivity index (χ4v) is 5.77. The molecule has 4 aromatic rings. The van der Waals surface area contributed by atoms with Crippen LogP contribution in [-0.4, -0.2) is 18.1 Å². The van der Waals surface area contributed by atoms with Crippen LogP contribution in [0.2, 0.25) is 0 Å². The van der Waals surface area contributed by atoms with Crippen LogP contribution in [0.3, 0.4) is 0 Å². The van der Waals surface area contributed by atoms with Crippen LogP contribution in [0, 0.1) is 11.8 Å². The Bertz CT molecular complexity index is 1620. The van der Waals surface area contributed by atoms with Crippen LogP contribution >= 0.6 is 0 Å². The fourth-order valence-electron chi connectivity index (χ4n) is 5.77. The number of furan rings is 1. The zero-order valence-electron chi connectivity index (χ0n) is 22.1. The number of benzene rings is 3. The maximum absolute atomic E-state index is 13.7. The Hall–Kier alpha value is -4.01. The summed E-state index contributed by atoms with van der Waals surface area (Å²) in [4.78, 5) is 28.1. The Kier molecular flexibility index (Phi) is 6.47. The topological polar surface area (TPSA) is 69.0 Å². The third-order valence-electron chi connectivity index (χ3n) is 7.96. The first-order valence-corrected chi connectivity index (χ1v) is 13.4. The summed E-state index contributed by atoms with van der Waals surface area (Å²) in [7, 11) is 0. The molecule has 2 heterocycles. The van der Waals surface area contributed by atoms with Crippen molar-refractivity contribution in [1.82, 2.24) is 0 Å². The number of anilines is 1. The first-order valence-electron chi connectivity index (χ1n) is 13.4. The van der Waals surface area contributed by atoms with Gasteiger partial charge in [0.1, 0.15) is 23.5 Å². The normalized spacial score (nSPS) is 21.4. The van der Waals surface area contributed by atoms with Gasteiger partial charge in [-0.1, -0.05) is 25.1 Å². The van der Waals surface area contributed by atoms with Crippen molar-refractivity contribution in [1.29, 1.82) is 0 Å². The van der Waals surface area contributed by atoms with E-state index in [-0.39, 0.29) is 29.7 Å². The summed E-state index contributed by atoms with van der Waals surface area (Å²) in [6.07, 6.45) is -1.73. The number of fused-ring (bicyclic) bond motifs is 4. The summed E-state index contributed by atoms with van der Waals surface area (Å²) in [6, 6.07) is 13.7. The number of esters is 1. The van der Waals surface area contributed by atoms with E-state index in [0.717, 1.165) is 31.7 Å². The number of nitrogens with zero attached hydrogens (tertiary/aromatic N) is 1. The number of halogens is 3. The predicted molar refractivity (Wildman–Crippen MR) is 143 cm³/mol. The van der Waals surface area contributed by atoms with Gasteiger partial charge < -0.3 is 13.9 Å². The number of cyclic esters (lactones) is 1. The molecule has 0 spiro atoms. The Balaban J connectivity index is 1.36. The van der Waals surface area contributed by atoms with Gasteiger partial charge in [-0.05, 0) is 80.5 Å². The van der Waals surface area contributed by atoms with Crippen molar-refractivity contribution >= 4 is 39.5 Å². The first-order chi connectivity index (χ1) is 19.1. The lowest BCUT2D eigenvalue weighted by molar-refractivity contribution is -0.139. The lowest BCUT2D eigenvalue weighted by Gasteiger charge is -2.37. The van der Waals surface area contributed by atoms with Gasteiger partial charge in [0.25, 0.3) is 0 Å². The standard InChI is InChI=1S/C31H28F3NO5/c1-17-7-10-20(11-8-17)29(36)35-18(2)39-30(37)23-15-28-22(14-25(23)35)21-13-19(9-12-26(21)40-28)16-38-27-6-4-3-5-24(27)31(32,33)34/h3-6,9,12-15,17-18,20H,7-8,10-11,16H2,1-2H3. The van der Waals surface area contributed by atoms with Gasteiger partial charge in [-0.25, -0.2) is 4.79 Å². The van der Waals surface area contributed by atoms with Gasteiger partial charge in [0.15, 0.2) is 6.23 Å². The van der Waals surface area contributed by atoms with E-state index in [1.54, 1.807) is 42.2 Å². The molecule has 1 fully saturated rings. The molecule has 0 saturated heterocycles. The van der Waals surface area contributed by atoms with Gasteiger partial charge >= 0.3 is 12.1 Å². The highest BCUT2D eigenvalue weighted by atomic mass is 19.4. The van der Waals surface area contributed by atoms with E-state index in [9.17, 15) is 22.8 Å². The number of ether oxygens (including phenoxy) is 2. The van der Waals surface area contributed by atoms with Gasteiger partial charge in [-0.3, -0.25) is 9.69 Å². The molecule has 1 atom stereocenters. The molecule has 1 unspecified atom stereocenters. The molecule has 1 saturated carbocycles. The minimum absolute atomic E-state index is 0.0577. The second kappa shape index (κ2) is 9.87. The van der Waals surface area contributed by atoms with Crippen molar-refractivity contribution in [2.45, 2.75) is 58.5 Å². The molecule has 1 aliphatic carbocycles. The van der Waals surface area contributed by atoms with E-state index >= 15 is 0 Å². The Morgan fingerprint density at radius 2 is 1.70 bits per heavy atom. The van der Waals surface area contributed by atoms with E-state index in [0.29, 0.717) is 39.1 Å². The maximum Gasteiger partial charge on any atom is 0.419 e. The van der Waals surface area contributed by atoms with Crippen LogP contribution < -0.4 is 9.64 Å². The molecular formula is C31H28F3NO5. The summed E-state index contributed by atoms with van der Waals surface area (Å²) < 4.78 is 57.2. The Morgan fingerprint density at radius 3 is 2.45 bits per heavy atom. The predicted octanol–water partition coefficient (Wildman–Crippen LogP) is 7.86. The molecule has 9 heteroatoms. The quantitative estimate of drug-likeness (QED) is 0.242. The molecule has 0 N–H and O–H groups in total. The number of hydrogen-bond acceptors (Lipinski definition) is 5. The lowest BCUT2D eigenvalue weighted by Crippen LogP contribution is -2.48. The third-order valence-corrected chi connectivity index (χ3v) is 7.96. The van der Waals surface area contributed by atoms with Gasteiger partial charge in [-0.15, -0.1) is 0 Å². The van der Waals surface area contributed by atoms with Crippen LogP contribution in [0.4, 0.5) is 18.9 Å². The number of hydrogen-bond donors (Lipinski definition) is 0. The SMILES string of the molecule is CC1CCC(C(=O)N2c3cc4c(cc3C(=O)OC2C)oc2ccc(COc3ccccc3C(F)(F)F)cc24)CC1. The Morgan fingerprint density at radius 1 is 0.975 bits per heavy atom. The third kappa shape index (κ3) is 4.67. The molecule has 0 radical (unpaired) electrons. The van der Waals surface area contributed by atoms with Crippen LogP contribution in [0.15, 0.2) is 59.0 Å². The fraction of sp³-hybridized carbons (Fsp3) is 0.355. The minimum Gasteiger partial charge on any atom is -0.488 e. The number of alkyl halides is 3. The molecule has 1 aliphatic heterocycles. The number of para-hydroxylation sites is 1. The molecule has 2 aliphatic rings.